The highest BCUT2D eigenvalue weighted by Gasteiger charge is 2.12. The van der Waals surface area contributed by atoms with Crippen molar-refractivity contribution in [3.05, 3.63) is 63.7 Å². The van der Waals surface area contributed by atoms with Crippen LogP contribution in [0.4, 0.5) is 0 Å². The largest absolute Gasteiger partial charge is 0.482 e. The molecule has 0 bridgehead atoms. The Morgan fingerprint density at radius 3 is 2.76 bits per heavy atom. The molecule has 0 unspecified atom stereocenters. The summed E-state index contributed by atoms with van der Waals surface area (Å²) in [6.07, 6.45) is 0. The van der Waals surface area contributed by atoms with Crippen molar-refractivity contribution in [2.75, 3.05) is 13.7 Å². The lowest BCUT2D eigenvalue weighted by Gasteiger charge is -2.12. The third-order valence-electron chi connectivity index (χ3n) is 3.66. The predicted octanol–water partition coefficient (Wildman–Crippen LogP) is 2.90. The Kier molecular flexibility index (Phi) is 4.72. The van der Waals surface area contributed by atoms with Crippen molar-refractivity contribution >= 4 is 28.5 Å². The molecule has 3 aromatic rings. The molecule has 0 saturated carbocycles. The van der Waals surface area contributed by atoms with Crippen LogP contribution in [0.25, 0.3) is 16.6 Å². The van der Waals surface area contributed by atoms with Crippen LogP contribution in [0.15, 0.2) is 47.3 Å². The molecule has 0 saturated heterocycles. The molecule has 0 N–H and O–H groups in total. The van der Waals surface area contributed by atoms with Crippen molar-refractivity contribution < 1.29 is 14.3 Å². The molecule has 0 fully saturated rings. The SMILES string of the molecule is COC(=O)COc1ccc2nc(C)n(-c3cccc(Cl)c3)c(=O)c2c1. The minimum Gasteiger partial charge on any atom is -0.482 e. The summed E-state index contributed by atoms with van der Waals surface area (Å²) < 4.78 is 11.4. The summed E-state index contributed by atoms with van der Waals surface area (Å²) in [6.45, 7) is 1.52. The summed E-state index contributed by atoms with van der Waals surface area (Å²) in [6, 6.07) is 11.9. The van der Waals surface area contributed by atoms with E-state index in [1.54, 1.807) is 49.4 Å². The van der Waals surface area contributed by atoms with E-state index in [1.807, 2.05) is 0 Å². The number of methoxy groups -OCH3 is 1. The molecule has 0 radical (unpaired) electrons. The first-order valence-corrected chi connectivity index (χ1v) is 7.86. The van der Waals surface area contributed by atoms with Gasteiger partial charge in [0.25, 0.3) is 5.56 Å². The third kappa shape index (κ3) is 3.49. The van der Waals surface area contributed by atoms with E-state index in [9.17, 15) is 9.59 Å². The first kappa shape index (κ1) is 17.0. The fraction of sp³-hybridized carbons (Fsp3) is 0.167. The van der Waals surface area contributed by atoms with E-state index in [4.69, 9.17) is 16.3 Å². The Labute approximate surface area is 148 Å². The summed E-state index contributed by atoms with van der Waals surface area (Å²) in [7, 11) is 1.28. The van der Waals surface area contributed by atoms with Crippen LogP contribution in [0.3, 0.4) is 0 Å². The molecular formula is C18H15ClN2O4. The van der Waals surface area contributed by atoms with Gasteiger partial charge in [-0.2, -0.15) is 0 Å². The average molecular weight is 359 g/mol. The number of halogens is 1. The Morgan fingerprint density at radius 2 is 2.04 bits per heavy atom. The molecule has 6 nitrogen and oxygen atoms in total. The van der Waals surface area contributed by atoms with Gasteiger partial charge in [-0.05, 0) is 43.3 Å². The van der Waals surface area contributed by atoms with E-state index in [0.29, 0.717) is 33.2 Å². The van der Waals surface area contributed by atoms with Gasteiger partial charge in [0.05, 0.1) is 23.7 Å². The molecule has 1 aromatic heterocycles. The highest BCUT2D eigenvalue weighted by molar-refractivity contribution is 6.30. The maximum absolute atomic E-state index is 12.9. The van der Waals surface area contributed by atoms with E-state index in [0.717, 1.165) is 0 Å². The molecule has 1 heterocycles. The summed E-state index contributed by atoms with van der Waals surface area (Å²) in [5, 5.41) is 0.909. The Balaban J connectivity index is 2.10. The van der Waals surface area contributed by atoms with Crippen LogP contribution in [0.2, 0.25) is 5.02 Å². The standard InChI is InChI=1S/C18H15ClN2O4/c1-11-20-16-7-6-14(25-10-17(22)24-2)9-15(16)18(23)21(11)13-5-3-4-12(19)8-13/h3-9H,10H2,1-2H3. The van der Waals surface area contributed by atoms with Crippen LogP contribution in [0.1, 0.15) is 5.82 Å². The van der Waals surface area contributed by atoms with Gasteiger partial charge >= 0.3 is 5.97 Å². The van der Waals surface area contributed by atoms with Crippen molar-refractivity contribution in [2.45, 2.75) is 6.92 Å². The van der Waals surface area contributed by atoms with Gasteiger partial charge in [0.1, 0.15) is 11.6 Å². The smallest absolute Gasteiger partial charge is 0.343 e. The minimum absolute atomic E-state index is 0.232. The van der Waals surface area contributed by atoms with Gasteiger partial charge in [-0.3, -0.25) is 9.36 Å². The van der Waals surface area contributed by atoms with Crippen LogP contribution in [-0.4, -0.2) is 29.2 Å². The number of esters is 1. The van der Waals surface area contributed by atoms with Crippen molar-refractivity contribution in [2.24, 2.45) is 0 Å². The minimum atomic E-state index is -0.501. The van der Waals surface area contributed by atoms with Gasteiger partial charge in [0, 0.05) is 5.02 Å². The van der Waals surface area contributed by atoms with Crippen molar-refractivity contribution in [1.82, 2.24) is 9.55 Å². The number of carbonyl (C=O) groups is 1. The van der Waals surface area contributed by atoms with E-state index in [1.165, 1.54) is 11.7 Å². The second-order valence-electron chi connectivity index (χ2n) is 5.32. The zero-order chi connectivity index (χ0) is 18.0. The van der Waals surface area contributed by atoms with Crippen LogP contribution < -0.4 is 10.3 Å². The monoisotopic (exact) mass is 358 g/mol. The van der Waals surface area contributed by atoms with Crippen LogP contribution >= 0.6 is 11.6 Å². The van der Waals surface area contributed by atoms with E-state index in [2.05, 4.69) is 9.72 Å². The fourth-order valence-corrected chi connectivity index (χ4v) is 2.67. The van der Waals surface area contributed by atoms with E-state index in [-0.39, 0.29) is 12.2 Å². The van der Waals surface area contributed by atoms with Gasteiger partial charge < -0.3 is 9.47 Å². The molecule has 0 aliphatic carbocycles. The number of nitrogens with zero attached hydrogens (tertiary/aromatic N) is 2. The van der Waals surface area contributed by atoms with Crippen molar-refractivity contribution in [3.63, 3.8) is 0 Å². The molecule has 0 amide bonds. The van der Waals surface area contributed by atoms with Crippen LogP contribution in [0.5, 0.6) is 5.75 Å². The number of aromatic nitrogens is 2. The molecule has 25 heavy (non-hydrogen) atoms. The van der Waals surface area contributed by atoms with Gasteiger partial charge in [-0.15, -0.1) is 0 Å². The number of hydrogen-bond acceptors (Lipinski definition) is 5. The average Bonchev–Trinajstić information content (AvgIpc) is 2.60. The maximum atomic E-state index is 12.9. The summed E-state index contributed by atoms with van der Waals surface area (Å²) in [5.41, 5.74) is 0.935. The number of rotatable bonds is 4. The number of fused-ring (bicyclic) bond motifs is 1. The molecule has 2 aromatic carbocycles. The Morgan fingerprint density at radius 1 is 1.24 bits per heavy atom. The Bertz CT molecular complexity index is 1010. The summed E-state index contributed by atoms with van der Waals surface area (Å²) in [4.78, 5) is 28.6. The zero-order valence-corrected chi connectivity index (χ0v) is 14.4. The first-order chi connectivity index (χ1) is 12.0. The number of ether oxygens (including phenoxy) is 2. The lowest BCUT2D eigenvalue weighted by molar-refractivity contribution is -0.142. The molecule has 0 aliphatic rings. The van der Waals surface area contributed by atoms with Gasteiger partial charge in [-0.25, -0.2) is 9.78 Å². The molecule has 3 rings (SSSR count). The van der Waals surface area contributed by atoms with E-state index >= 15 is 0 Å². The summed E-state index contributed by atoms with van der Waals surface area (Å²) in [5.74, 6) is 0.430. The highest BCUT2D eigenvalue weighted by atomic mass is 35.5. The first-order valence-electron chi connectivity index (χ1n) is 7.48. The predicted molar refractivity (Wildman–Crippen MR) is 94.6 cm³/mol. The van der Waals surface area contributed by atoms with Crippen LogP contribution in [-0.2, 0) is 9.53 Å². The quantitative estimate of drug-likeness (QED) is 0.671. The van der Waals surface area contributed by atoms with Crippen LogP contribution in [0, 0.1) is 6.92 Å². The van der Waals surface area contributed by atoms with Crippen molar-refractivity contribution in [1.29, 1.82) is 0 Å². The molecule has 7 heteroatoms. The molecule has 0 spiro atoms. The molecule has 0 atom stereocenters. The number of benzene rings is 2. The maximum Gasteiger partial charge on any atom is 0.343 e. The molecule has 0 aliphatic heterocycles. The topological polar surface area (TPSA) is 70.4 Å². The molecule has 128 valence electrons. The third-order valence-corrected chi connectivity index (χ3v) is 3.89. The number of aryl methyl sites for hydroxylation is 1. The Hall–Kier alpha value is -2.86. The van der Waals surface area contributed by atoms with E-state index < -0.39 is 5.97 Å². The number of carbonyl (C=O) groups excluding carboxylic acids is 1. The fourth-order valence-electron chi connectivity index (χ4n) is 2.49. The second-order valence-corrected chi connectivity index (χ2v) is 5.76. The van der Waals surface area contributed by atoms with Crippen molar-refractivity contribution in [3.8, 4) is 11.4 Å². The second kappa shape index (κ2) is 6.94. The zero-order valence-electron chi connectivity index (χ0n) is 13.7. The van der Waals surface area contributed by atoms with Gasteiger partial charge in [0.2, 0.25) is 0 Å². The number of hydrogen-bond donors (Lipinski definition) is 0. The van der Waals surface area contributed by atoms with Gasteiger partial charge in [-0.1, -0.05) is 17.7 Å². The highest BCUT2D eigenvalue weighted by Crippen LogP contribution is 2.20. The normalized spacial score (nSPS) is 10.7. The summed E-state index contributed by atoms with van der Waals surface area (Å²) >= 11 is 6.03. The molecular weight excluding hydrogens is 344 g/mol. The van der Waals surface area contributed by atoms with Gasteiger partial charge in [0.15, 0.2) is 6.61 Å². The lowest BCUT2D eigenvalue weighted by Crippen LogP contribution is -2.22. The lowest BCUT2D eigenvalue weighted by atomic mass is 10.2.